The van der Waals surface area contributed by atoms with Crippen LogP contribution in [0.3, 0.4) is 0 Å². The van der Waals surface area contributed by atoms with Crippen molar-refractivity contribution in [3.8, 4) is 29.6 Å². The Morgan fingerprint density at radius 2 is 2.14 bits per heavy atom. The second-order valence-electron chi connectivity index (χ2n) is 5.63. The average molecular weight is 381 g/mol. The highest BCUT2D eigenvalue weighted by Gasteiger charge is 2.14. The lowest BCUT2D eigenvalue weighted by atomic mass is 10.1. The van der Waals surface area contributed by atoms with Gasteiger partial charge in [0.25, 0.3) is 5.69 Å². The van der Waals surface area contributed by atoms with Crippen molar-refractivity contribution in [1.29, 1.82) is 0 Å². The maximum atomic E-state index is 12.1. The van der Waals surface area contributed by atoms with E-state index in [0.717, 1.165) is 5.56 Å². The Morgan fingerprint density at radius 1 is 1.32 bits per heavy atom. The van der Waals surface area contributed by atoms with Crippen LogP contribution in [0.5, 0.6) is 17.2 Å². The van der Waals surface area contributed by atoms with Crippen LogP contribution in [0.1, 0.15) is 11.1 Å². The van der Waals surface area contributed by atoms with Crippen molar-refractivity contribution in [1.82, 2.24) is 5.43 Å². The molecule has 1 amide bonds. The minimum Gasteiger partial charge on any atom is -0.480 e. The van der Waals surface area contributed by atoms with Crippen molar-refractivity contribution in [3.63, 3.8) is 0 Å². The number of terminal acetylenes is 1. The van der Waals surface area contributed by atoms with Crippen LogP contribution < -0.4 is 19.6 Å². The Balaban J connectivity index is 1.65. The first-order chi connectivity index (χ1) is 13.6. The van der Waals surface area contributed by atoms with E-state index in [9.17, 15) is 14.9 Å². The maximum Gasteiger partial charge on any atom is 0.270 e. The van der Waals surface area contributed by atoms with E-state index in [2.05, 4.69) is 16.4 Å². The Kier molecular flexibility index (Phi) is 5.72. The second kappa shape index (κ2) is 8.55. The molecule has 3 rings (SSSR count). The fraction of sp³-hybridized carbons (Fsp3) is 0.158. The van der Waals surface area contributed by atoms with Crippen LogP contribution in [-0.4, -0.2) is 30.4 Å². The van der Waals surface area contributed by atoms with Gasteiger partial charge >= 0.3 is 0 Å². The van der Waals surface area contributed by atoms with E-state index in [0.29, 0.717) is 22.8 Å². The topological polar surface area (TPSA) is 112 Å². The number of non-ortho nitro benzene ring substituents is 1. The molecule has 0 fully saturated rings. The van der Waals surface area contributed by atoms with Gasteiger partial charge in [0.05, 0.1) is 17.6 Å². The number of nitrogens with zero attached hydrogens (tertiary/aromatic N) is 2. The fourth-order valence-electron chi connectivity index (χ4n) is 2.45. The summed E-state index contributed by atoms with van der Waals surface area (Å²) in [5.41, 5.74) is 3.27. The van der Waals surface area contributed by atoms with Crippen LogP contribution in [0.25, 0.3) is 0 Å². The molecule has 0 saturated carbocycles. The van der Waals surface area contributed by atoms with Crippen molar-refractivity contribution >= 4 is 17.8 Å². The lowest BCUT2D eigenvalue weighted by Gasteiger charge is -2.06. The summed E-state index contributed by atoms with van der Waals surface area (Å²) in [6.45, 7) is 0.150. The summed E-state index contributed by atoms with van der Waals surface area (Å²) in [7, 11) is 0. The summed E-state index contributed by atoms with van der Waals surface area (Å²) in [6.07, 6.45) is 6.49. The molecular weight excluding hydrogens is 366 g/mol. The molecule has 28 heavy (non-hydrogen) atoms. The largest absolute Gasteiger partial charge is 0.480 e. The van der Waals surface area contributed by atoms with Crippen molar-refractivity contribution in [2.45, 2.75) is 6.42 Å². The third kappa shape index (κ3) is 4.56. The quantitative estimate of drug-likeness (QED) is 0.340. The first kappa shape index (κ1) is 18.7. The standard InChI is InChI=1S/C19H15N3O6/c1-2-7-26-16-6-4-15(22(24)25)10-14(16)11-20-21-19(23)9-13-3-5-17-18(8-13)28-12-27-17/h1,3-6,8,10-11H,7,9,12H2,(H,21,23)/b20-11-. The summed E-state index contributed by atoms with van der Waals surface area (Å²) in [5.74, 6) is 3.47. The number of nitro benzene ring substituents is 1. The van der Waals surface area contributed by atoms with Crippen molar-refractivity contribution in [2.75, 3.05) is 13.4 Å². The fourth-order valence-corrected chi connectivity index (χ4v) is 2.45. The van der Waals surface area contributed by atoms with Gasteiger partial charge in [-0.25, -0.2) is 5.43 Å². The SMILES string of the molecule is C#CCOc1ccc([N+](=O)[O-])cc1/C=N\NC(=O)Cc1ccc2c(c1)OCO2. The van der Waals surface area contributed by atoms with Crippen molar-refractivity contribution in [3.05, 3.63) is 57.6 Å². The molecule has 0 saturated heterocycles. The van der Waals surface area contributed by atoms with Gasteiger partial charge in [-0.1, -0.05) is 12.0 Å². The number of nitro groups is 1. The zero-order valence-electron chi connectivity index (χ0n) is 14.6. The number of carbonyl (C=O) groups is 1. The van der Waals surface area contributed by atoms with Crippen LogP contribution in [0.2, 0.25) is 0 Å². The molecule has 0 spiro atoms. The maximum absolute atomic E-state index is 12.1. The van der Waals surface area contributed by atoms with E-state index in [1.807, 2.05) is 0 Å². The number of ether oxygens (including phenoxy) is 3. The zero-order valence-corrected chi connectivity index (χ0v) is 14.6. The zero-order chi connectivity index (χ0) is 19.9. The van der Waals surface area contributed by atoms with Crippen molar-refractivity contribution < 1.29 is 23.9 Å². The number of hydrogen-bond acceptors (Lipinski definition) is 7. The highest BCUT2D eigenvalue weighted by Crippen LogP contribution is 2.32. The van der Waals surface area contributed by atoms with E-state index in [4.69, 9.17) is 20.6 Å². The number of nitrogens with one attached hydrogen (secondary N) is 1. The normalized spacial score (nSPS) is 11.8. The Morgan fingerprint density at radius 3 is 2.93 bits per heavy atom. The summed E-state index contributed by atoms with van der Waals surface area (Å²) in [5, 5.41) is 14.8. The molecule has 1 aliphatic rings. The molecule has 2 aromatic rings. The molecule has 9 nitrogen and oxygen atoms in total. The van der Waals surface area contributed by atoms with Gasteiger partial charge in [-0.05, 0) is 23.8 Å². The van der Waals surface area contributed by atoms with Crippen LogP contribution in [0, 0.1) is 22.5 Å². The number of benzene rings is 2. The Bertz CT molecular complexity index is 980. The molecule has 2 aromatic carbocycles. The first-order valence-corrected chi connectivity index (χ1v) is 8.12. The van der Waals surface area contributed by atoms with Gasteiger partial charge in [-0.2, -0.15) is 5.10 Å². The van der Waals surface area contributed by atoms with Crippen molar-refractivity contribution in [2.24, 2.45) is 5.10 Å². The molecule has 1 N–H and O–H groups in total. The third-order valence-corrected chi connectivity index (χ3v) is 3.71. The summed E-state index contributed by atoms with van der Waals surface area (Å²) >= 11 is 0. The first-order valence-electron chi connectivity index (χ1n) is 8.12. The van der Waals surface area contributed by atoms with E-state index >= 15 is 0 Å². The van der Waals surface area contributed by atoms with Gasteiger partial charge < -0.3 is 14.2 Å². The van der Waals surface area contributed by atoms with Crippen LogP contribution in [-0.2, 0) is 11.2 Å². The third-order valence-electron chi connectivity index (χ3n) is 3.71. The van der Waals surface area contributed by atoms with E-state index in [-0.39, 0.29) is 31.4 Å². The summed E-state index contributed by atoms with van der Waals surface area (Å²) in [6, 6.07) is 9.19. The van der Waals surface area contributed by atoms with Crippen LogP contribution in [0.4, 0.5) is 5.69 Å². The molecule has 1 heterocycles. The average Bonchev–Trinajstić information content (AvgIpc) is 3.14. The lowest BCUT2D eigenvalue weighted by Crippen LogP contribution is -2.19. The Hall–Kier alpha value is -4.06. The number of amides is 1. The Labute approximate surface area is 160 Å². The number of carbonyl (C=O) groups excluding carboxylic acids is 1. The molecule has 142 valence electrons. The smallest absolute Gasteiger partial charge is 0.270 e. The van der Waals surface area contributed by atoms with Gasteiger partial charge in [-0.15, -0.1) is 6.42 Å². The molecule has 0 atom stereocenters. The van der Waals surface area contributed by atoms with E-state index in [1.54, 1.807) is 18.2 Å². The molecule has 0 bridgehead atoms. The minimum atomic E-state index is -0.541. The molecular formula is C19H15N3O6. The number of hydrogen-bond donors (Lipinski definition) is 1. The van der Waals surface area contributed by atoms with Gasteiger partial charge in [0.1, 0.15) is 12.4 Å². The summed E-state index contributed by atoms with van der Waals surface area (Å²) < 4.78 is 15.8. The predicted molar refractivity (Wildman–Crippen MR) is 99.4 cm³/mol. The number of rotatable bonds is 7. The van der Waals surface area contributed by atoms with Gasteiger partial charge in [0.2, 0.25) is 12.7 Å². The lowest BCUT2D eigenvalue weighted by molar-refractivity contribution is -0.384. The summed E-state index contributed by atoms with van der Waals surface area (Å²) in [4.78, 5) is 22.5. The number of hydrazone groups is 1. The molecule has 1 aliphatic heterocycles. The molecule has 0 unspecified atom stereocenters. The van der Waals surface area contributed by atoms with Gasteiger partial charge in [-0.3, -0.25) is 14.9 Å². The highest BCUT2D eigenvalue weighted by atomic mass is 16.7. The van der Waals surface area contributed by atoms with Crippen LogP contribution >= 0.6 is 0 Å². The van der Waals surface area contributed by atoms with Crippen LogP contribution in [0.15, 0.2) is 41.5 Å². The van der Waals surface area contributed by atoms with E-state index < -0.39 is 4.92 Å². The van der Waals surface area contributed by atoms with Gasteiger partial charge in [0, 0.05) is 17.7 Å². The minimum absolute atomic E-state index is 0.00484. The monoisotopic (exact) mass is 381 g/mol. The molecule has 0 aromatic heterocycles. The molecule has 0 aliphatic carbocycles. The predicted octanol–water partition coefficient (Wildman–Crippen LogP) is 2.03. The van der Waals surface area contributed by atoms with Gasteiger partial charge in [0.15, 0.2) is 11.5 Å². The van der Waals surface area contributed by atoms with E-state index in [1.165, 1.54) is 24.4 Å². The second-order valence-corrected chi connectivity index (χ2v) is 5.63. The highest BCUT2D eigenvalue weighted by molar-refractivity contribution is 5.86. The number of fused-ring (bicyclic) bond motifs is 1. The molecule has 0 radical (unpaired) electrons. The molecule has 9 heteroatoms.